The zero-order chi connectivity index (χ0) is 19.3. The van der Waals surface area contributed by atoms with E-state index >= 15 is 0 Å². The molecule has 25 heavy (non-hydrogen) atoms. The highest BCUT2D eigenvalue weighted by Gasteiger charge is 2.28. The quantitative estimate of drug-likeness (QED) is 0.607. The molecule has 0 aromatic heterocycles. The van der Waals surface area contributed by atoms with Gasteiger partial charge in [-0.1, -0.05) is 19.9 Å². The van der Waals surface area contributed by atoms with Crippen molar-refractivity contribution in [1.82, 2.24) is 0 Å². The van der Waals surface area contributed by atoms with Gasteiger partial charge in [-0.15, -0.1) is 0 Å². The van der Waals surface area contributed by atoms with E-state index in [1.807, 2.05) is 13.8 Å². The molecular weight excluding hydrogens is 341 g/mol. The summed E-state index contributed by atoms with van der Waals surface area (Å²) in [6, 6.07) is 4.14. The number of anilines is 2. The number of hydrogen-bond acceptors (Lipinski definition) is 4. The number of hydrogen-bond donors (Lipinski definition) is 2. The van der Waals surface area contributed by atoms with Crippen LogP contribution in [0.5, 0.6) is 0 Å². The zero-order valence-corrected chi connectivity index (χ0v) is 13.6. The third-order valence-corrected chi connectivity index (χ3v) is 3.00. The molecule has 6 nitrogen and oxygen atoms in total. The van der Waals surface area contributed by atoms with Crippen LogP contribution >= 0.6 is 0 Å². The number of carboxylic acids is 1. The van der Waals surface area contributed by atoms with Crippen molar-refractivity contribution in [2.75, 3.05) is 5.32 Å². The van der Waals surface area contributed by atoms with Crippen LogP contribution in [-0.4, -0.2) is 16.0 Å². The molecule has 0 fully saturated rings. The first-order valence-electron chi connectivity index (χ1n) is 7.15. The van der Waals surface area contributed by atoms with E-state index < -0.39 is 45.3 Å². The molecule has 0 aliphatic carbocycles. The molecule has 9 heteroatoms. The van der Waals surface area contributed by atoms with Crippen LogP contribution in [0, 0.1) is 34.5 Å². The summed E-state index contributed by atoms with van der Waals surface area (Å²) in [6.07, 6.45) is 0. The lowest BCUT2D eigenvalue weighted by Crippen LogP contribution is -2.10. The number of rotatable bonds is 4. The highest BCUT2D eigenvalue weighted by Crippen LogP contribution is 2.33. The molecule has 2 rings (SSSR count). The van der Waals surface area contributed by atoms with Crippen molar-refractivity contribution in [3.63, 3.8) is 0 Å². The topological polar surface area (TPSA) is 92.5 Å². The Morgan fingerprint density at radius 3 is 2.24 bits per heavy atom. The second-order valence-electron chi connectivity index (χ2n) is 4.62. The Bertz CT molecular complexity index is 826. The minimum atomic E-state index is -1.84. The molecule has 134 valence electrons. The molecule has 0 atom stereocenters. The maximum atomic E-state index is 14.0. The van der Waals surface area contributed by atoms with Gasteiger partial charge >= 0.3 is 11.7 Å². The molecule has 2 N–H and O–H groups in total. The van der Waals surface area contributed by atoms with Crippen LogP contribution in [-0.2, 0) is 0 Å². The largest absolute Gasteiger partial charge is 0.478 e. The van der Waals surface area contributed by atoms with E-state index in [9.17, 15) is 28.1 Å². The Labute approximate surface area is 141 Å². The van der Waals surface area contributed by atoms with Gasteiger partial charge in [-0.25, -0.2) is 13.6 Å². The summed E-state index contributed by atoms with van der Waals surface area (Å²) in [5, 5.41) is 21.8. The minimum absolute atomic E-state index is 0.301. The first-order chi connectivity index (χ1) is 11.7. The highest BCUT2D eigenvalue weighted by molar-refractivity contribution is 5.96. The van der Waals surface area contributed by atoms with Gasteiger partial charge in [-0.3, -0.25) is 10.1 Å². The molecule has 0 heterocycles. The SMILES string of the molecule is CC.Cc1ccc(Nc2c(C(=O)O)cc([N+](=O)[O-])c(F)c2F)c(F)c1. The fraction of sp³-hybridized carbons (Fsp3) is 0.188. The summed E-state index contributed by atoms with van der Waals surface area (Å²) in [7, 11) is 0. The highest BCUT2D eigenvalue weighted by atomic mass is 19.2. The van der Waals surface area contributed by atoms with E-state index in [0.29, 0.717) is 11.6 Å². The summed E-state index contributed by atoms with van der Waals surface area (Å²) in [4.78, 5) is 20.5. The Hall–Kier alpha value is -3.10. The van der Waals surface area contributed by atoms with Crippen molar-refractivity contribution in [3.8, 4) is 0 Å². The van der Waals surface area contributed by atoms with Crippen molar-refractivity contribution in [3.05, 3.63) is 63.0 Å². The van der Waals surface area contributed by atoms with Crippen LogP contribution < -0.4 is 5.32 Å². The number of nitrogens with zero attached hydrogens (tertiary/aromatic N) is 1. The Morgan fingerprint density at radius 1 is 1.16 bits per heavy atom. The Kier molecular flexibility index (Phi) is 6.49. The summed E-state index contributed by atoms with van der Waals surface area (Å²) in [6.45, 7) is 5.60. The number of aromatic carboxylic acids is 1. The summed E-state index contributed by atoms with van der Waals surface area (Å²) in [5.41, 5.74) is -2.86. The number of nitrogens with one attached hydrogen (secondary N) is 1. The monoisotopic (exact) mass is 356 g/mol. The molecule has 0 saturated heterocycles. The lowest BCUT2D eigenvalue weighted by molar-refractivity contribution is -0.387. The van der Waals surface area contributed by atoms with Crippen LogP contribution in [0.1, 0.15) is 29.8 Å². The number of benzene rings is 2. The average molecular weight is 356 g/mol. The maximum absolute atomic E-state index is 14.0. The second-order valence-corrected chi connectivity index (χ2v) is 4.62. The van der Waals surface area contributed by atoms with Crippen molar-refractivity contribution in [2.45, 2.75) is 20.8 Å². The molecule has 2 aromatic rings. The average Bonchev–Trinajstić information content (AvgIpc) is 2.55. The fourth-order valence-electron chi connectivity index (χ4n) is 1.89. The number of aryl methyl sites for hydroxylation is 1. The van der Waals surface area contributed by atoms with Gasteiger partial charge in [-0.05, 0) is 24.6 Å². The standard InChI is InChI=1S/C14H9F3N2O4.C2H6/c1-6-2-3-9(8(15)4-6)18-13-7(14(20)21)5-10(19(22)23)11(16)12(13)17;1-2/h2-5,18H,1H3,(H,20,21);1-2H3. The van der Waals surface area contributed by atoms with Crippen molar-refractivity contribution in [2.24, 2.45) is 0 Å². The molecule has 0 amide bonds. The minimum Gasteiger partial charge on any atom is -0.478 e. The molecule has 0 aliphatic heterocycles. The fourth-order valence-corrected chi connectivity index (χ4v) is 1.89. The second kappa shape index (κ2) is 8.13. The van der Waals surface area contributed by atoms with E-state index in [-0.39, 0.29) is 5.69 Å². The van der Waals surface area contributed by atoms with Gasteiger partial charge in [0.25, 0.3) is 0 Å². The van der Waals surface area contributed by atoms with Gasteiger partial charge in [0.05, 0.1) is 21.9 Å². The molecule has 0 saturated carbocycles. The lowest BCUT2D eigenvalue weighted by Gasteiger charge is -2.12. The molecule has 0 bridgehead atoms. The number of nitro benzene ring substituents is 1. The van der Waals surface area contributed by atoms with E-state index in [1.54, 1.807) is 6.92 Å². The zero-order valence-electron chi connectivity index (χ0n) is 13.6. The summed E-state index contributed by atoms with van der Waals surface area (Å²) >= 11 is 0. The lowest BCUT2D eigenvalue weighted by atomic mass is 10.1. The Morgan fingerprint density at radius 2 is 1.76 bits per heavy atom. The molecule has 0 aliphatic rings. The van der Waals surface area contributed by atoms with E-state index in [4.69, 9.17) is 5.11 Å². The van der Waals surface area contributed by atoms with Crippen LogP contribution in [0.3, 0.4) is 0 Å². The summed E-state index contributed by atoms with van der Waals surface area (Å²) < 4.78 is 41.5. The molecule has 0 unspecified atom stereocenters. The van der Waals surface area contributed by atoms with Crippen LogP contribution in [0.25, 0.3) is 0 Å². The molecule has 0 radical (unpaired) electrons. The smallest absolute Gasteiger partial charge is 0.338 e. The van der Waals surface area contributed by atoms with Gasteiger partial charge < -0.3 is 10.4 Å². The molecule has 2 aromatic carbocycles. The maximum Gasteiger partial charge on any atom is 0.338 e. The number of halogens is 3. The Balaban J connectivity index is 0.00000151. The number of carbonyl (C=O) groups is 1. The van der Waals surface area contributed by atoms with E-state index in [1.165, 1.54) is 12.1 Å². The van der Waals surface area contributed by atoms with Crippen molar-refractivity contribution in [1.29, 1.82) is 0 Å². The van der Waals surface area contributed by atoms with Crippen LogP contribution in [0.2, 0.25) is 0 Å². The van der Waals surface area contributed by atoms with Crippen molar-refractivity contribution >= 4 is 23.0 Å². The molecule has 0 spiro atoms. The first kappa shape index (κ1) is 19.9. The predicted octanol–water partition coefficient (Wildman–Crippen LogP) is 4.79. The first-order valence-corrected chi connectivity index (χ1v) is 7.15. The normalized spacial score (nSPS) is 9.84. The van der Waals surface area contributed by atoms with Gasteiger partial charge in [0.15, 0.2) is 5.82 Å². The van der Waals surface area contributed by atoms with E-state index in [0.717, 1.165) is 6.07 Å². The van der Waals surface area contributed by atoms with Crippen molar-refractivity contribution < 1.29 is 28.0 Å². The van der Waals surface area contributed by atoms with Gasteiger partial charge in [0.1, 0.15) is 5.82 Å². The van der Waals surface area contributed by atoms with E-state index in [2.05, 4.69) is 5.32 Å². The van der Waals surface area contributed by atoms with Gasteiger partial charge in [-0.2, -0.15) is 4.39 Å². The predicted molar refractivity (Wildman–Crippen MR) is 85.7 cm³/mol. The van der Waals surface area contributed by atoms with Gasteiger partial charge in [0, 0.05) is 6.07 Å². The van der Waals surface area contributed by atoms with Gasteiger partial charge in [0.2, 0.25) is 5.82 Å². The third kappa shape index (κ3) is 4.25. The summed E-state index contributed by atoms with van der Waals surface area (Å²) in [5.74, 6) is -6.17. The number of carboxylic acid groups (broad SMARTS) is 1. The van der Waals surface area contributed by atoms with Crippen LogP contribution in [0.15, 0.2) is 24.3 Å². The third-order valence-electron chi connectivity index (χ3n) is 3.00. The number of nitro groups is 1. The molecular formula is C16H15F3N2O4. The van der Waals surface area contributed by atoms with Crippen LogP contribution in [0.4, 0.5) is 30.2 Å².